The van der Waals surface area contributed by atoms with Crippen LogP contribution in [-0.2, 0) is 19.3 Å². The maximum absolute atomic E-state index is 8.91. The third-order valence-corrected chi connectivity index (χ3v) is 5.94. The molecule has 31 heavy (non-hydrogen) atoms. The Morgan fingerprint density at radius 1 is 0.613 bits per heavy atom. The summed E-state index contributed by atoms with van der Waals surface area (Å²) in [6, 6.07) is 38.6. The monoisotopic (exact) mass is 401 g/mol. The quantitative estimate of drug-likeness (QED) is 0.317. The van der Waals surface area contributed by atoms with E-state index in [-0.39, 0.29) is 0 Å². The average Bonchev–Trinajstić information content (AvgIpc) is 2.84. The van der Waals surface area contributed by atoms with E-state index in [1.54, 1.807) is 0 Å². The lowest BCUT2D eigenvalue weighted by molar-refractivity contribution is 0.759. The Kier molecular flexibility index (Phi) is 6.60. The molecule has 4 aromatic rings. The molecule has 0 saturated carbocycles. The number of aryl methyl sites for hydroxylation is 2. The van der Waals surface area contributed by atoms with Gasteiger partial charge in [0.1, 0.15) is 0 Å². The average molecular weight is 402 g/mol. The van der Waals surface area contributed by atoms with Crippen molar-refractivity contribution in [3.8, 4) is 17.2 Å². The first-order valence-corrected chi connectivity index (χ1v) is 10.9. The molecular weight excluding hydrogens is 374 g/mol. The van der Waals surface area contributed by atoms with Gasteiger partial charge in [-0.2, -0.15) is 5.26 Å². The third-order valence-electron chi connectivity index (χ3n) is 5.94. The molecule has 0 heterocycles. The highest BCUT2D eigenvalue weighted by Crippen LogP contribution is 2.24. The van der Waals surface area contributed by atoms with E-state index in [0.717, 1.165) is 19.3 Å². The number of hydrogen-bond acceptors (Lipinski definition) is 1. The SMILES string of the molecule is C[C@H](Cc1ccc(-c2ccc(CCc3ccc(C#N)cc3)cc2)cc1)c1ccccc1. The van der Waals surface area contributed by atoms with Gasteiger partial charge >= 0.3 is 0 Å². The van der Waals surface area contributed by atoms with E-state index in [0.29, 0.717) is 11.5 Å². The Morgan fingerprint density at radius 3 is 1.61 bits per heavy atom. The molecule has 0 saturated heterocycles. The van der Waals surface area contributed by atoms with Gasteiger partial charge in [0.05, 0.1) is 11.6 Å². The third kappa shape index (κ3) is 5.50. The fourth-order valence-electron chi connectivity index (χ4n) is 3.98. The molecule has 0 fully saturated rings. The standard InChI is InChI=1S/C30H27N/c1-23(28-5-3-2-4-6-28)21-26-15-19-30(20-16-26)29-17-13-25(14-18-29)8-7-24-9-11-27(22-31)12-10-24/h2-6,9-20,23H,7-8,21H2,1H3/t23-/m1/s1. The zero-order valence-electron chi connectivity index (χ0n) is 18.0. The van der Waals surface area contributed by atoms with Crippen LogP contribution < -0.4 is 0 Å². The van der Waals surface area contributed by atoms with Crippen LogP contribution in [0.3, 0.4) is 0 Å². The van der Waals surface area contributed by atoms with Crippen LogP contribution >= 0.6 is 0 Å². The van der Waals surface area contributed by atoms with Gasteiger partial charge < -0.3 is 0 Å². The summed E-state index contributed by atoms with van der Waals surface area (Å²) in [4.78, 5) is 0. The molecule has 0 unspecified atom stereocenters. The van der Waals surface area contributed by atoms with Crippen LogP contribution in [0.15, 0.2) is 103 Å². The second-order valence-corrected chi connectivity index (χ2v) is 8.22. The smallest absolute Gasteiger partial charge is 0.0991 e. The minimum atomic E-state index is 0.516. The van der Waals surface area contributed by atoms with Crippen LogP contribution in [0.1, 0.15) is 40.7 Å². The van der Waals surface area contributed by atoms with Crippen LogP contribution in [0.2, 0.25) is 0 Å². The van der Waals surface area contributed by atoms with Gasteiger partial charge in [-0.15, -0.1) is 0 Å². The molecule has 0 N–H and O–H groups in total. The highest BCUT2D eigenvalue weighted by atomic mass is 14.2. The molecule has 0 aromatic heterocycles. The largest absolute Gasteiger partial charge is 0.192 e. The molecule has 1 atom stereocenters. The highest BCUT2D eigenvalue weighted by molar-refractivity contribution is 5.64. The molecule has 0 aliphatic carbocycles. The van der Waals surface area contributed by atoms with Gasteiger partial charge in [-0.3, -0.25) is 0 Å². The number of nitriles is 1. The maximum atomic E-state index is 8.91. The molecule has 0 aliphatic rings. The van der Waals surface area contributed by atoms with Gasteiger partial charge in [0.15, 0.2) is 0 Å². The van der Waals surface area contributed by atoms with E-state index in [2.05, 4.69) is 91.9 Å². The Morgan fingerprint density at radius 2 is 1.10 bits per heavy atom. The van der Waals surface area contributed by atoms with E-state index < -0.39 is 0 Å². The van der Waals surface area contributed by atoms with Crippen molar-refractivity contribution >= 4 is 0 Å². The van der Waals surface area contributed by atoms with E-state index in [4.69, 9.17) is 5.26 Å². The zero-order valence-corrected chi connectivity index (χ0v) is 18.0. The van der Waals surface area contributed by atoms with Crippen LogP contribution in [0.4, 0.5) is 0 Å². The predicted molar refractivity (Wildman–Crippen MR) is 129 cm³/mol. The fourth-order valence-corrected chi connectivity index (χ4v) is 3.98. The van der Waals surface area contributed by atoms with Crippen molar-refractivity contribution in [2.75, 3.05) is 0 Å². The summed E-state index contributed by atoms with van der Waals surface area (Å²) in [7, 11) is 0. The van der Waals surface area contributed by atoms with Gasteiger partial charge in [-0.05, 0) is 70.7 Å². The van der Waals surface area contributed by atoms with Gasteiger partial charge in [0.2, 0.25) is 0 Å². The molecule has 152 valence electrons. The first kappa shape index (κ1) is 20.6. The molecule has 1 nitrogen and oxygen atoms in total. The van der Waals surface area contributed by atoms with Crippen LogP contribution in [0.25, 0.3) is 11.1 Å². The van der Waals surface area contributed by atoms with E-state index in [1.807, 2.05) is 24.3 Å². The van der Waals surface area contributed by atoms with Gasteiger partial charge in [0, 0.05) is 0 Å². The minimum absolute atomic E-state index is 0.516. The van der Waals surface area contributed by atoms with Crippen molar-refractivity contribution in [3.05, 3.63) is 131 Å². The Balaban J connectivity index is 1.35. The van der Waals surface area contributed by atoms with Gasteiger partial charge in [0.25, 0.3) is 0 Å². The summed E-state index contributed by atoms with van der Waals surface area (Å²) in [6.45, 7) is 2.29. The summed E-state index contributed by atoms with van der Waals surface area (Å²) in [5, 5.41) is 8.91. The fraction of sp³-hybridized carbons (Fsp3) is 0.167. The van der Waals surface area contributed by atoms with Crippen molar-refractivity contribution in [1.29, 1.82) is 5.26 Å². The second-order valence-electron chi connectivity index (χ2n) is 8.22. The van der Waals surface area contributed by atoms with Crippen LogP contribution in [0.5, 0.6) is 0 Å². The lowest BCUT2D eigenvalue weighted by atomic mass is 9.93. The van der Waals surface area contributed by atoms with E-state index in [1.165, 1.54) is 33.4 Å². The summed E-state index contributed by atoms with van der Waals surface area (Å²) < 4.78 is 0. The zero-order chi connectivity index (χ0) is 21.5. The number of benzene rings is 4. The molecular formula is C30H27N. The molecule has 4 rings (SSSR count). The molecule has 0 bridgehead atoms. The number of nitrogens with zero attached hydrogens (tertiary/aromatic N) is 1. The summed E-state index contributed by atoms with van der Waals surface area (Å²) >= 11 is 0. The van der Waals surface area contributed by atoms with E-state index >= 15 is 0 Å². The highest BCUT2D eigenvalue weighted by Gasteiger charge is 2.07. The summed E-state index contributed by atoms with van der Waals surface area (Å²) in [6.07, 6.45) is 3.04. The summed E-state index contributed by atoms with van der Waals surface area (Å²) in [5.41, 5.74) is 8.60. The van der Waals surface area contributed by atoms with E-state index in [9.17, 15) is 0 Å². The van der Waals surface area contributed by atoms with Crippen molar-refractivity contribution in [2.24, 2.45) is 0 Å². The predicted octanol–water partition coefficient (Wildman–Crippen LogP) is 7.36. The normalized spacial score (nSPS) is 11.6. The molecule has 0 spiro atoms. The molecule has 0 aliphatic heterocycles. The Labute approximate surface area is 185 Å². The molecule has 0 radical (unpaired) electrons. The molecule has 1 heteroatoms. The molecule has 4 aromatic carbocycles. The van der Waals surface area contributed by atoms with Crippen molar-refractivity contribution in [3.63, 3.8) is 0 Å². The van der Waals surface area contributed by atoms with Crippen LogP contribution in [0, 0.1) is 11.3 Å². The first-order valence-electron chi connectivity index (χ1n) is 10.9. The Bertz CT molecular complexity index is 1130. The topological polar surface area (TPSA) is 23.8 Å². The van der Waals surface area contributed by atoms with Gasteiger partial charge in [-0.1, -0.05) is 97.9 Å². The maximum Gasteiger partial charge on any atom is 0.0991 e. The number of hydrogen-bond donors (Lipinski definition) is 0. The lowest BCUT2D eigenvalue weighted by Gasteiger charge is -2.12. The number of rotatable bonds is 7. The van der Waals surface area contributed by atoms with Crippen molar-refractivity contribution < 1.29 is 0 Å². The lowest BCUT2D eigenvalue weighted by Crippen LogP contribution is -1.98. The first-order chi connectivity index (χ1) is 15.2. The second kappa shape index (κ2) is 9.92. The van der Waals surface area contributed by atoms with Gasteiger partial charge in [-0.25, -0.2) is 0 Å². The van der Waals surface area contributed by atoms with Crippen molar-refractivity contribution in [1.82, 2.24) is 0 Å². The minimum Gasteiger partial charge on any atom is -0.192 e. The summed E-state index contributed by atoms with van der Waals surface area (Å²) in [5.74, 6) is 0.516. The Hall–Kier alpha value is -3.63. The van der Waals surface area contributed by atoms with Crippen LogP contribution in [-0.4, -0.2) is 0 Å². The molecule has 0 amide bonds. The van der Waals surface area contributed by atoms with Crippen molar-refractivity contribution in [2.45, 2.75) is 32.1 Å².